The van der Waals surface area contributed by atoms with E-state index in [0.717, 1.165) is 168 Å². The van der Waals surface area contributed by atoms with Crippen molar-refractivity contribution >= 4 is 130 Å². The normalized spacial score (nSPS) is 17.1. The monoisotopic (exact) mass is 1430 g/mol. The van der Waals surface area contributed by atoms with Crippen LogP contribution in [0.5, 0.6) is 34.5 Å². The molecule has 25 nitrogen and oxygen atoms in total. The highest BCUT2D eigenvalue weighted by Gasteiger charge is 2.28. The molecule has 478 valence electrons. The fourth-order valence-corrected chi connectivity index (χ4v) is 16.1. The average molecular weight is 1430 g/mol. The van der Waals surface area contributed by atoms with E-state index in [-0.39, 0.29) is 26.3 Å². The number of hydrogen-bond acceptors (Lipinski definition) is 23. The summed E-state index contributed by atoms with van der Waals surface area (Å²) in [6, 6.07) is 19.4. The van der Waals surface area contributed by atoms with E-state index in [4.69, 9.17) is 65.7 Å². The van der Waals surface area contributed by atoms with Crippen LogP contribution in [0.2, 0.25) is 0 Å². The van der Waals surface area contributed by atoms with Gasteiger partial charge >= 0.3 is 0 Å². The first kappa shape index (κ1) is 62.9. The number of hydrogen-bond donors (Lipinski definition) is 5. The number of nitrogen functional groups attached to an aromatic ring is 3. The number of pyridine rings is 3. The maximum Gasteiger partial charge on any atom is 0.248 e. The van der Waals surface area contributed by atoms with Gasteiger partial charge in [-0.15, -0.1) is 0 Å². The van der Waals surface area contributed by atoms with E-state index in [0.29, 0.717) is 82.9 Å². The van der Waals surface area contributed by atoms with Gasteiger partial charge in [-0.1, -0.05) is 35.3 Å². The molecule has 0 spiro atoms. The van der Waals surface area contributed by atoms with E-state index < -0.39 is 6.61 Å². The van der Waals surface area contributed by atoms with Crippen molar-refractivity contribution in [1.82, 2.24) is 58.7 Å². The van der Waals surface area contributed by atoms with Crippen LogP contribution < -0.4 is 50.9 Å². The molecule has 2 amide bonds. The Balaban J connectivity index is 0.000000127. The molecule has 0 radical (unpaired) electrons. The number of rotatable bonds is 17. The number of aliphatic hydroxyl groups is 1. The number of nitrogens with two attached hydrogens (primary N) is 3. The lowest BCUT2D eigenvalue weighted by Crippen LogP contribution is -2.40. The number of amides is 2. The van der Waals surface area contributed by atoms with Crippen molar-refractivity contribution in [2.45, 2.75) is 94.7 Å². The van der Waals surface area contributed by atoms with Gasteiger partial charge in [0, 0.05) is 94.1 Å². The SMILES string of the molecule is N#Cc1cc2c(cc1Sc1nc3c(N)nccc3n1CCC1CCN(C(=O)CO)CC1)OCO2.Nc1nccc2c1nc(Sc1cc3c(cc1Br)OCO3)n2CCC1CCN(C=O)C1.Nc1nccc2c1nc(Sc1cc3c(cc1Br)OCO3)n2CCC1CCNC1. The van der Waals surface area contributed by atoms with Gasteiger partial charge in [-0.2, -0.15) is 5.26 Å². The number of aryl methyl sites for hydroxylation is 3. The number of nitrogens with one attached hydrogen (secondary N) is 1. The molecule has 0 bridgehead atoms. The molecule has 15 rings (SSSR count). The van der Waals surface area contributed by atoms with Crippen LogP contribution in [0.4, 0.5) is 17.5 Å². The molecule has 9 aromatic rings. The highest BCUT2D eigenvalue weighted by atomic mass is 79.9. The van der Waals surface area contributed by atoms with Gasteiger partial charge in [-0.3, -0.25) is 9.59 Å². The number of anilines is 3. The number of nitriles is 1. The minimum absolute atomic E-state index is 0.137. The summed E-state index contributed by atoms with van der Waals surface area (Å²) in [6.07, 6.45) is 13.1. The van der Waals surface area contributed by atoms with Gasteiger partial charge < -0.3 is 79.5 Å². The van der Waals surface area contributed by atoms with Crippen molar-refractivity contribution in [2.75, 3.05) is 83.5 Å². The first-order valence-electron chi connectivity index (χ1n) is 30.0. The second-order valence-electron chi connectivity index (χ2n) is 22.7. The molecule has 8 N–H and O–H groups in total. The van der Waals surface area contributed by atoms with Crippen LogP contribution >= 0.6 is 67.1 Å². The largest absolute Gasteiger partial charge is 0.454 e. The van der Waals surface area contributed by atoms with Crippen LogP contribution in [0.25, 0.3) is 33.1 Å². The smallest absolute Gasteiger partial charge is 0.248 e. The Bertz CT molecular complexity index is 4290. The van der Waals surface area contributed by atoms with Crippen LogP contribution in [-0.2, 0) is 29.2 Å². The van der Waals surface area contributed by atoms with E-state index in [9.17, 15) is 14.9 Å². The van der Waals surface area contributed by atoms with Gasteiger partial charge in [-0.05, 0) is 156 Å². The Hall–Kier alpha value is -7.92. The van der Waals surface area contributed by atoms with Gasteiger partial charge in [0.25, 0.3) is 0 Å². The number of likely N-dealkylation sites (tertiary alicyclic amines) is 2. The van der Waals surface area contributed by atoms with Gasteiger partial charge in [0.1, 0.15) is 29.2 Å². The maximum atomic E-state index is 11.7. The third-order valence-corrected chi connectivity index (χ3v) is 22.0. The number of carbonyl (C=O) groups excluding carboxylic acids is 2. The molecule has 3 saturated heterocycles. The van der Waals surface area contributed by atoms with E-state index in [1.165, 1.54) is 18.2 Å². The molecule has 3 fully saturated rings. The molecule has 2 atom stereocenters. The predicted octanol–water partition coefficient (Wildman–Crippen LogP) is 9.57. The topological polar surface area (TPSA) is 322 Å². The average Bonchev–Trinajstić information content (AvgIpc) is 2.00. The number of imidazole rings is 3. The molecule has 12 heterocycles. The summed E-state index contributed by atoms with van der Waals surface area (Å²) in [5.74, 6) is 6.82. The second-order valence-corrected chi connectivity index (χ2v) is 27.4. The summed E-state index contributed by atoms with van der Waals surface area (Å²) >= 11 is 11.8. The fraction of sp³-hybridized carbons (Fsp3) is 0.371. The predicted molar refractivity (Wildman–Crippen MR) is 353 cm³/mol. The Kier molecular flexibility index (Phi) is 19.2. The molecule has 6 aliphatic heterocycles. The number of ether oxygens (including phenoxy) is 6. The standard InChI is InChI=1S/C23H24N6O4S.C20H20BrN5O3S.C19H20BrN5O2S/c24-11-15-9-17-18(33-13-32-17)10-19(15)34-23-27-21-16(1-5-26-22(21)25)29(23)8-4-14-2-6-28(7-3-14)20(31)12-30;21-13-7-15-16(29-11-28-15)8-17(13)30-20-24-18-14(1-4-23-19(18)22)26(20)6-3-12-2-5-25(9-12)10-27;20-12-7-14-15(27-10-26-14)8-16(12)28-19-24-17-13(2-5-23-18(17)21)25(19)6-3-11-1-4-22-9-11/h1,5,9-10,14,30H,2-4,6-8,12-13H2,(H2,25,26);1,4,7-8,10,12H,2-3,5-6,9,11H2,(H2,22,23);2,5,7-8,11,22H,1,3-4,6,9-10H2,(H2,21,23). The quantitative estimate of drug-likeness (QED) is 0.0530. The summed E-state index contributed by atoms with van der Waals surface area (Å²) in [5.41, 5.74) is 23.8. The number of carbonyl (C=O) groups is 2. The lowest BCUT2D eigenvalue weighted by Gasteiger charge is -2.31. The van der Waals surface area contributed by atoms with Gasteiger partial charge in [0.15, 0.2) is 67.4 Å². The minimum atomic E-state index is -0.438. The van der Waals surface area contributed by atoms with Crippen molar-refractivity contribution < 1.29 is 43.1 Å². The van der Waals surface area contributed by atoms with Crippen molar-refractivity contribution in [3.63, 3.8) is 0 Å². The highest BCUT2D eigenvalue weighted by molar-refractivity contribution is 9.10. The summed E-state index contributed by atoms with van der Waals surface area (Å²) in [4.78, 5) is 56.0. The first-order valence-corrected chi connectivity index (χ1v) is 34.1. The molecule has 6 aliphatic rings. The Morgan fingerprint density at radius 1 is 0.609 bits per heavy atom. The van der Waals surface area contributed by atoms with Crippen molar-refractivity contribution in [1.29, 1.82) is 5.26 Å². The fourth-order valence-electron chi connectivity index (χ4n) is 12.0. The molecule has 0 aliphatic carbocycles. The van der Waals surface area contributed by atoms with Gasteiger partial charge in [-0.25, -0.2) is 29.9 Å². The Labute approximate surface area is 557 Å². The van der Waals surface area contributed by atoms with E-state index >= 15 is 0 Å². The maximum absolute atomic E-state index is 11.7. The summed E-state index contributed by atoms with van der Waals surface area (Å²) in [5, 5.41) is 24.7. The van der Waals surface area contributed by atoms with Gasteiger partial charge in [0.05, 0.1) is 22.1 Å². The number of aliphatic hydroxyl groups excluding tert-OH is 1. The van der Waals surface area contributed by atoms with Crippen molar-refractivity contribution in [3.05, 3.63) is 87.7 Å². The third kappa shape index (κ3) is 13.6. The van der Waals surface area contributed by atoms with Crippen molar-refractivity contribution in [2.24, 2.45) is 17.8 Å². The van der Waals surface area contributed by atoms with E-state index in [1.807, 2.05) is 53.4 Å². The first-order chi connectivity index (χ1) is 44.9. The van der Waals surface area contributed by atoms with Crippen LogP contribution in [0.3, 0.4) is 0 Å². The van der Waals surface area contributed by atoms with Crippen LogP contribution in [0.15, 0.2) is 112 Å². The zero-order valence-corrected chi connectivity index (χ0v) is 55.3. The summed E-state index contributed by atoms with van der Waals surface area (Å²) < 4.78 is 41.3. The highest BCUT2D eigenvalue weighted by Crippen LogP contribution is 2.46. The minimum Gasteiger partial charge on any atom is -0.454 e. The van der Waals surface area contributed by atoms with Crippen molar-refractivity contribution in [3.8, 4) is 40.6 Å². The van der Waals surface area contributed by atoms with E-state index in [2.05, 4.69) is 71.9 Å². The number of benzene rings is 3. The number of nitrogens with zero attached hydrogens (tertiary/aromatic N) is 12. The molecular formula is C62H64Br2N16O9S3. The van der Waals surface area contributed by atoms with Crippen LogP contribution in [0, 0.1) is 29.1 Å². The zero-order chi connectivity index (χ0) is 63.4. The second kappa shape index (κ2) is 28.1. The third-order valence-electron chi connectivity index (χ3n) is 17.0. The number of aromatic nitrogens is 9. The number of piperidine rings is 1. The molecule has 2 unspecified atom stereocenters. The molecule has 3 aromatic carbocycles. The molecule has 92 heavy (non-hydrogen) atoms. The zero-order valence-electron chi connectivity index (χ0n) is 49.7. The number of halogens is 2. The van der Waals surface area contributed by atoms with Crippen LogP contribution in [-0.4, -0.2) is 137 Å². The number of fused-ring (bicyclic) bond motifs is 6. The molecule has 30 heteroatoms. The molecule has 0 saturated carbocycles. The lowest BCUT2D eigenvalue weighted by molar-refractivity contribution is -0.135. The molecular weight excluding hydrogens is 1370 g/mol. The van der Waals surface area contributed by atoms with Crippen LogP contribution in [0.1, 0.15) is 50.5 Å². The Morgan fingerprint density at radius 3 is 1.47 bits per heavy atom. The molecule has 6 aromatic heterocycles. The van der Waals surface area contributed by atoms with Gasteiger partial charge in [0.2, 0.25) is 32.7 Å². The lowest BCUT2D eigenvalue weighted by atomic mass is 9.93. The summed E-state index contributed by atoms with van der Waals surface area (Å²) in [6.45, 7) is 7.77. The van der Waals surface area contributed by atoms with E-state index in [1.54, 1.807) is 53.1 Å². The summed E-state index contributed by atoms with van der Waals surface area (Å²) in [7, 11) is 0. The Morgan fingerprint density at radius 2 is 1.03 bits per heavy atom.